The van der Waals surface area contributed by atoms with E-state index < -0.39 is 18.0 Å². The zero-order valence-corrected chi connectivity index (χ0v) is 17.1. The molecule has 0 radical (unpaired) electrons. The lowest BCUT2D eigenvalue weighted by molar-refractivity contribution is -0.136. The van der Waals surface area contributed by atoms with Gasteiger partial charge in [-0.05, 0) is 47.6 Å². The predicted octanol–water partition coefficient (Wildman–Crippen LogP) is 2.22. The zero-order chi connectivity index (χ0) is 21.3. The normalized spacial score (nSPS) is 18.2. The van der Waals surface area contributed by atoms with Crippen LogP contribution in [0.15, 0.2) is 24.3 Å². The Kier molecular flexibility index (Phi) is 5.49. The van der Waals surface area contributed by atoms with Gasteiger partial charge in [-0.15, -0.1) is 0 Å². The summed E-state index contributed by atoms with van der Waals surface area (Å²) in [4.78, 5) is 49.8. The molecule has 1 atom stereocenters. The van der Waals surface area contributed by atoms with Crippen molar-refractivity contribution in [1.29, 1.82) is 0 Å². The number of aryl methyl sites for hydroxylation is 1. The van der Waals surface area contributed by atoms with Crippen molar-refractivity contribution in [2.45, 2.75) is 45.4 Å². The quantitative estimate of drug-likeness (QED) is 0.705. The number of hydrogen-bond donors (Lipinski definition) is 2. The topological polar surface area (TPSA) is 118 Å². The number of hydrogen-bond acceptors (Lipinski definition) is 7. The molecule has 1 aromatic carbocycles. The van der Waals surface area contributed by atoms with Gasteiger partial charge in [-0.1, -0.05) is 19.1 Å². The first-order valence-corrected chi connectivity index (χ1v) is 10.4. The van der Waals surface area contributed by atoms with Crippen LogP contribution in [0.5, 0.6) is 0 Å². The van der Waals surface area contributed by atoms with Gasteiger partial charge in [0, 0.05) is 18.5 Å². The number of imide groups is 1. The van der Waals surface area contributed by atoms with Crippen molar-refractivity contribution in [3.05, 3.63) is 46.6 Å². The standard InChI is InChI=1S/C20H20N4O5S/c1-2-13-8-17(30-23-13)22-20(28)29-10-11-3-4-12-9-24(19(27)14(12)7-11)15-5-6-16(25)21-18(15)26/h3-4,7-8,15H,2,5-6,9-10H2,1H3,(H,22,28)(H,21,25,26). The summed E-state index contributed by atoms with van der Waals surface area (Å²) in [5.41, 5.74) is 2.85. The molecule has 1 fully saturated rings. The van der Waals surface area contributed by atoms with E-state index in [4.69, 9.17) is 4.74 Å². The van der Waals surface area contributed by atoms with Gasteiger partial charge in [0.1, 0.15) is 17.6 Å². The molecule has 2 aromatic rings. The Morgan fingerprint density at radius 1 is 1.33 bits per heavy atom. The molecule has 156 valence electrons. The molecular formula is C20H20N4O5S. The van der Waals surface area contributed by atoms with Crippen molar-refractivity contribution < 1.29 is 23.9 Å². The highest BCUT2D eigenvalue weighted by Gasteiger charge is 2.39. The Balaban J connectivity index is 1.37. The van der Waals surface area contributed by atoms with Crippen LogP contribution in [0.4, 0.5) is 9.80 Å². The van der Waals surface area contributed by atoms with Gasteiger partial charge < -0.3 is 9.64 Å². The van der Waals surface area contributed by atoms with Gasteiger partial charge in [0.25, 0.3) is 5.91 Å². The zero-order valence-electron chi connectivity index (χ0n) is 16.3. The van der Waals surface area contributed by atoms with Crippen LogP contribution >= 0.6 is 11.5 Å². The van der Waals surface area contributed by atoms with E-state index in [2.05, 4.69) is 15.0 Å². The highest BCUT2D eigenvalue weighted by Crippen LogP contribution is 2.28. The number of nitrogens with one attached hydrogen (secondary N) is 2. The average molecular weight is 428 g/mol. The Hall–Kier alpha value is -3.27. The summed E-state index contributed by atoms with van der Waals surface area (Å²) in [5, 5.41) is 5.53. The number of fused-ring (bicyclic) bond motifs is 1. The van der Waals surface area contributed by atoms with Crippen LogP contribution in [0.25, 0.3) is 0 Å². The molecule has 1 unspecified atom stereocenters. The molecular weight excluding hydrogens is 408 g/mol. The summed E-state index contributed by atoms with van der Waals surface area (Å²) in [7, 11) is 0. The summed E-state index contributed by atoms with van der Waals surface area (Å²) in [5.74, 6) is -1.02. The molecule has 9 nitrogen and oxygen atoms in total. The molecule has 1 saturated heterocycles. The molecule has 0 bridgehead atoms. The van der Waals surface area contributed by atoms with E-state index in [1.807, 2.05) is 6.92 Å². The molecule has 0 aliphatic carbocycles. The van der Waals surface area contributed by atoms with Crippen LogP contribution in [0.1, 0.15) is 46.9 Å². The third kappa shape index (κ3) is 4.04. The molecule has 1 aromatic heterocycles. The fraction of sp³-hybridized carbons (Fsp3) is 0.350. The number of carbonyl (C=O) groups excluding carboxylic acids is 4. The summed E-state index contributed by atoms with van der Waals surface area (Å²) >= 11 is 1.19. The first kappa shape index (κ1) is 20.0. The third-order valence-corrected chi connectivity index (χ3v) is 5.85. The molecule has 4 rings (SSSR count). The Labute approximate surface area is 176 Å². The monoisotopic (exact) mass is 428 g/mol. The van der Waals surface area contributed by atoms with Crippen molar-refractivity contribution in [3.8, 4) is 0 Å². The Bertz CT molecular complexity index is 1030. The van der Waals surface area contributed by atoms with E-state index in [1.165, 1.54) is 16.4 Å². The van der Waals surface area contributed by atoms with Gasteiger partial charge in [-0.25, -0.2) is 4.79 Å². The number of piperidine rings is 1. The van der Waals surface area contributed by atoms with E-state index in [9.17, 15) is 19.2 Å². The second-order valence-electron chi connectivity index (χ2n) is 7.13. The van der Waals surface area contributed by atoms with Crippen LogP contribution in [0.3, 0.4) is 0 Å². The van der Waals surface area contributed by atoms with Crippen molar-refractivity contribution in [1.82, 2.24) is 14.6 Å². The van der Waals surface area contributed by atoms with Gasteiger partial charge in [0.2, 0.25) is 11.8 Å². The van der Waals surface area contributed by atoms with Crippen molar-refractivity contribution in [2.24, 2.45) is 0 Å². The first-order chi connectivity index (χ1) is 14.4. The molecule has 30 heavy (non-hydrogen) atoms. The molecule has 10 heteroatoms. The van der Waals surface area contributed by atoms with Crippen LogP contribution < -0.4 is 10.6 Å². The van der Waals surface area contributed by atoms with E-state index in [-0.39, 0.29) is 24.8 Å². The van der Waals surface area contributed by atoms with Gasteiger partial charge in [0.15, 0.2) is 0 Å². The van der Waals surface area contributed by atoms with Crippen molar-refractivity contribution in [2.75, 3.05) is 5.32 Å². The fourth-order valence-electron chi connectivity index (χ4n) is 3.51. The maximum absolute atomic E-state index is 12.8. The van der Waals surface area contributed by atoms with Gasteiger partial charge in [-0.2, -0.15) is 4.37 Å². The highest BCUT2D eigenvalue weighted by atomic mass is 32.1. The number of benzene rings is 1. The van der Waals surface area contributed by atoms with Gasteiger partial charge >= 0.3 is 6.09 Å². The summed E-state index contributed by atoms with van der Waals surface area (Å²) < 4.78 is 9.44. The molecule has 2 N–H and O–H groups in total. The van der Waals surface area contributed by atoms with Crippen molar-refractivity contribution in [3.63, 3.8) is 0 Å². The lowest BCUT2D eigenvalue weighted by atomic mass is 10.0. The number of ether oxygens (including phenoxy) is 1. The molecule has 0 spiro atoms. The highest BCUT2D eigenvalue weighted by molar-refractivity contribution is 7.10. The Morgan fingerprint density at radius 3 is 2.90 bits per heavy atom. The van der Waals surface area contributed by atoms with E-state index in [1.54, 1.807) is 24.3 Å². The summed E-state index contributed by atoms with van der Waals surface area (Å²) in [6.45, 7) is 2.30. The summed E-state index contributed by atoms with van der Waals surface area (Å²) in [6.07, 6.45) is 0.715. The number of anilines is 1. The second kappa shape index (κ2) is 8.23. The van der Waals surface area contributed by atoms with E-state index in [0.29, 0.717) is 29.1 Å². The summed E-state index contributed by atoms with van der Waals surface area (Å²) in [6, 6.07) is 6.41. The SMILES string of the molecule is CCc1cc(NC(=O)OCc2ccc3c(c2)C(=O)N(C2CCC(=O)NC2=O)C3)sn1. The first-order valence-electron chi connectivity index (χ1n) is 9.60. The average Bonchev–Trinajstić information content (AvgIpc) is 3.31. The fourth-order valence-corrected chi connectivity index (χ4v) is 4.23. The van der Waals surface area contributed by atoms with Gasteiger partial charge in [0.05, 0.1) is 5.69 Å². The van der Waals surface area contributed by atoms with Crippen LogP contribution in [0.2, 0.25) is 0 Å². The lowest BCUT2D eigenvalue weighted by Gasteiger charge is -2.29. The van der Waals surface area contributed by atoms with Crippen LogP contribution in [-0.2, 0) is 33.9 Å². The molecule has 4 amide bonds. The third-order valence-electron chi connectivity index (χ3n) is 5.11. The maximum atomic E-state index is 12.8. The predicted molar refractivity (Wildman–Crippen MR) is 108 cm³/mol. The minimum absolute atomic E-state index is 0.00421. The maximum Gasteiger partial charge on any atom is 0.412 e. The minimum atomic E-state index is -0.652. The molecule has 0 saturated carbocycles. The number of amides is 4. The number of nitrogens with zero attached hydrogens (tertiary/aromatic N) is 2. The smallest absolute Gasteiger partial charge is 0.412 e. The van der Waals surface area contributed by atoms with Crippen molar-refractivity contribution >= 4 is 40.3 Å². The minimum Gasteiger partial charge on any atom is -0.444 e. The molecule has 2 aliphatic rings. The van der Waals surface area contributed by atoms with E-state index in [0.717, 1.165) is 17.7 Å². The lowest BCUT2D eigenvalue weighted by Crippen LogP contribution is -2.52. The van der Waals surface area contributed by atoms with Gasteiger partial charge in [-0.3, -0.25) is 25.0 Å². The number of rotatable bonds is 5. The number of aromatic nitrogens is 1. The van der Waals surface area contributed by atoms with Crippen LogP contribution in [0, 0.1) is 0 Å². The second-order valence-corrected chi connectivity index (χ2v) is 7.93. The molecule has 2 aliphatic heterocycles. The molecule has 3 heterocycles. The number of carbonyl (C=O) groups is 4. The largest absolute Gasteiger partial charge is 0.444 e. The van der Waals surface area contributed by atoms with Crippen LogP contribution in [-0.4, -0.2) is 39.1 Å². The Morgan fingerprint density at radius 2 is 2.17 bits per heavy atom. The van der Waals surface area contributed by atoms with E-state index >= 15 is 0 Å².